The number of aliphatic carboxylic acids is 1. The molecular formula is C16H23NO5. The Bertz CT molecular complexity index is 517. The predicted molar refractivity (Wildman–Crippen MR) is 82.0 cm³/mol. The van der Waals surface area contributed by atoms with Gasteiger partial charge in [-0.05, 0) is 25.0 Å². The highest BCUT2D eigenvalue weighted by Crippen LogP contribution is 2.18. The Balaban J connectivity index is 2.62. The highest BCUT2D eigenvalue weighted by Gasteiger charge is 2.29. The Morgan fingerprint density at radius 2 is 2.00 bits per heavy atom. The van der Waals surface area contributed by atoms with E-state index in [1.165, 1.54) is 7.11 Å². The van der Waals surface area contributed by atoms with Crippen LogP contribution < -0.4 is 10.1 Å². The highest BCUT2D eigenvalue weighted by molar-refractivity contribution is 5.79. The molecule has 0 heterocycles. The predicted octanol–water partition coefficient (Wildman–Crippen LogP) is 1.62. The van der Waals surface area contributed by atoms with E-state index in [9.17, 15) is 9.59 Å². The number of nitrogens with one attached hydrogen (secondary N) is 1. The van der Waals surface area contributed by atoms with E-state index >= 15 is 0 Å². The lowest BCUT2D eigenvalue weighted by atomic mass is 9.99. The van der Waals surface area contributed by atoms with E-state index in [-0.39, 0.29) is 25.5 Å². The third-order valence-electron chi connectivity index (χ3n) is 3.16. The van der Waals surface area contributed by atoms with Crippen molar-refractivity contribution < 1.29 is 24.2 Å². The number of carboxylic acids is 1. The number of carbonyl (C=O) groups excluding carboxylic acids is 1. The molecule has 6 heteroatoms. The largest absolute Gasteiger partial charge is 0.483 e. The minimum Gasteiger partial charge on any atom is -0.483 e. The van der Waals surface area contributed by atoms with E-state index in [0.717, 1.165) is 12.0 Å². The van der Waals surface area contributed by atoms with Gasteiger partial charge in [-0.1, -0.05) is 25.1 Å². The zero-order chi connectivity index (χ0) is 16.6. The molecule has 0 fully saturated rings. The molecule has 0 aromatic heterocycles. The van der Waals surface area contributed by atoms with Crippen LogP contribution in [0.15, 0.2) is 24.3 Å². The molecule has 0 saturated carbocycles. The van der Waals surface area contributed by atoms with Crippen molar-refractivity contribution in [1.82, 2.24) is 5.32 Å². The van der Waals surface area contributed by atoms with Crippen LogP contribution in [0.25, 0.3) is 0 Å². The van der Waals surface area contributed by atoms with Gasteiger partial charge in [0.1, 0.15) is 5.75 Å². The van der Waals surface area contributed by atoms with E-state index in [0.29, 0.717) is 5.75 Å². The van der Waals surface area contributed by atoms with Crippen LogP contribution in [0, 0.1) is 0 Å². The van der Waals surface area contributed by atoms with Gasteiger partial charge in [0.2, 0.25) is 0 Å². The highest BCUT2D eigenvalue weighted by atomic mass is 16.5. The van der Waals surface area contributed by atoms with E-state index in [1.807, 2.05) is 25.1 Å². The number of benzene rings is 1. The third kappa shape index (κ3) is 5.73. The summed E-state index contributed by atoms with van der Waals surface area (Å²) in [4.78, 5) is 22.9. The molecule has 0 bridgehead atoms. The monoisotopic (exact) mass is 309 g/mol. The lowest BCUT2D eigenvalue weighted by molar-refractivity contribution is -0.139. The molecule has 1 amide bonds. The Kier molecular flexibility index (Phi) is 6.85. The minimum absolute atomic E-state index is 0.108. The molecule has 0 aliphatic rings. The zero-order valence-electron chi connectivity index (χ0n) is 13.2. The molecule has 1 aromatic carbocycles. The van der Waals surface area contributed by atoms with Gasteiger partial charge in [-0.15, -0.1) is 0 Å². The second-order valence-corrected chi connectivity index (χ2v) is 5.36. The van der Waals surface area contributed by atoms with Crippen molar-refractivity contribution in [1.29, 1.82) is 0 Å². The number of hydrogen-bond acceptors (Lipinski definition) is 4. The van der Waals surface area contributed by atoms with Gasteiger partial charge in [-0.3, -0.25) is 9.59 Å². The fraction of sp³-hybridized carbons (Fsp3) is 0.500. The number of hydrogen-bond donors (Lipinski definition) is 2. The van der Waals surface area contributed by atoms with Gasteiger partial charge in [0, 0.05) is 7.11 Å². The van der Waals surface area contributed by atoms with E-state index < -0.39 is 11.5 Å². The van der Waals surface area contributed by atoms with Gasteiger partial charge >= 0.3 is 5.97 Å². The summed E-state index contributed by atoms with van der Waals surface area (Å²) in [5, 5.41) is 11.6. The molecule has 2 N–H and O–H groups in total. The maximum absolute atomic E-state index is 12.0. The van der Waals surface area contributed by atoms with Crippen molar-refractivity contribution in [2.24, 2.45) is 0 Å². The topological polar surface area (TPSA) is 84.9 Å². The summed E-state index contributed by atoms with van der Waals surface area (Å²) in [7, 11) is 1.46. The van der Waals surface area contributed by atoms with Gasteiger partial charge in [-0.2, -0.15) is 0 Å². The number of aryl methyl sites for hydroxylation is 1. The molecule has 122 valence electrons. The first kappa shape index (κ1) is 18.0. The maximum atomic E-state index is 12.0. The van der Waals surface area contributed by atoms with Crippen LogP contribution in [-0.4, -0.2) is 42.8 Å². The Hall–Kier alpha value is -2.08. The Morgan fingerprint density at radius 1 is 1.32 bits per heavy atom. The van der Waals surface area contributed by atoms with Crippen LogP contribution in [0.4, 0.5) is 0 Å². The molecule has 1 rings (SSSR count). The second kappa shape index (κ2) is 8.38. The Labute approximate surface area is 130 Å². The molecule has 0 spiro atoms. The summed E-state index contributed by atoms with van der Waals surface area (Å²) in [5.41, 5.74) is 0.0474. The summed E-state index contributed by atoms with van der Waals surface area (Å²) in [6.07, 6.45) is 0.580. The summed E-state index contributed by atoms with van der Waals surface area (Å²) >= 11 is 0. The van der Waals surface area contributed by atoms with Crippen molar-refractivity contribution in [3.05, 3.63) is 29.8 Å². The SMILES string of the molecule is CCc1ccccc1OCC(=O)NC(C)(COC)CC(=O)O. The lowest BCUT2D eigenvalue weighted by Gasteiger charge is -2.28. The smallest absolute Gasteiger partial charge is 0.305 e. The first-order valence-electron chi connectivity index (χ1n) is 7.12. The van der Waals surface area contributed by atoms with Gasteiger partial charge in [0.15, 0.2) is 6.61 Å². The molecule has 0 aliphatic heterocycles. The number of carboxylic acid groups (broad SMARTS) is 1. The van der Waals surface area contributed by atoms with Crippen LogP contribution in [0.2, 0.25) is 0 Å². The number of rotatable bonds is 9. The quantitative estimate of drug-likeness (QED) is 0.724. The van der Waals surface area contributed by atoms with Crippen molar-refractivity contribution >= 4 is 11.9 Å². The maximum Gasteiger partial charge on any atom is 0.305 e. The fourth-order valence-electron chi connectivity index (χ4n) is 2.24. The zero-order valence-corrected chi connectivity index (χ0v) is 13.2. The van der Waals surface area contributed by atoms with E-state index in [2.05, 4.69) is 5.32 Å². The summed E-state index contributed by atoms with van der Waals surface area (Å²) in [6, 6.07) is 7.49. The first-order chi connectivity index (χ1) is 10.4. The fourth-order valence-corrected chi connectivity index (χ4v) is 2.24. The summed E-state index contributed by atoms with van der Waals surface area (Å²) < 4.78 is 10.5. The molecule has 1 unspecified atom stereocenters. The minimum atomic E-state index is -1.00. The average Bonchev–Trinajstić information content (AvgIpc) is 2.44. The van der Waals surface area contributed by atoms with Crippen molar-refractivity contribution in [2.75, 3.05) is 20.3 Å². The molecule has 1 aromatic rings. The molecule has 0 radical (unpaired) electrons. The molecule has 22 heavy (non-hydrogen) atoms. The first-order valence-corrected chi connectivity index (χ1v) is 7.12. The molecule has 0 saturated heterocycles. The van der Waals surface area contributed by atoms with Gasteiger partial charge in [0.25, 0.3) is 5.91 Å². The number of ether oxygens (including phenoxy) is 2. The number of amides is 1. The number of para-hydroxylation sites is 1. The second-order valence-electron chi connectivity index (χ2n) is 5.36. The van der Waals surface area contributed by atoms with Crippen molar-refractivity contribution in [3.8, 4) is 5.75 Å². The van der Waals surface area contributed by atoms with Crippen molar-refractivity contribution in [3.63, 3.8) is 0 Å². The standard InChI is InChI=1S/C16H23NO5/c1-4-12-7-5-6-8-13(12)22-10-14(18)17-16(2,11-21-3)9-15(19)20/h5-8H,4,9-11H2,1-3H3,(H,17,18)(H,19,20). The van der Waals surface area contributed by atoms with Crippen LogP contribution in [0.1, 0.15) is 25.8 Å². The van der Waals surface area contributed by atoms with Crippen LogP contribution >= 0.6 is 0 Å². The summed E-state index contributed by atoms with van der Waals surface area (Å²) in [5.74, 6) is -0.726. The Morgan fingerprint density at radius 3 is 2.59 bits per heavy atom. The van der Waals surface area contributed by atoms with E-state index in [1.54, 1.807) is 13.0 Å². The van der Waals surface area contributed by atoms with Crippen LogP contribution in [-0.2, 0) is 20.7 Å². The summed E-state index contributed by atoms with van der Waals surface area (Å²) in [6.45, 7) is 3.57. The lowest BCUT2D eigenvalue weighted by Crippen LogP contribution is -2.52. The number of methoxy groups -OCH3 is 1. The normalized spacial score (nSPS) is 13.2. The van der Waals surface area contributed by atoms with E-state index in [4.69, 9.17) is 14.6 Å². The average molecular weight is 309 g/mol. The van der Waals surface area contributed by atoms with Gasteiger partial charge < -0.3 is 19.9 Å². The van der Waals surface area contributed by atoms with Gasteiger partial charge in [0.05, 0.1) is 18.6 Å². The molecular weight excluding hydrogens is 286 g/mol. The molecule has 6 nitrogen and oxygen atoms in total. The van der Waals surface area contributed by atoms with Crippen LogP contribution in [0.5, 0.6) is 5.75 Å². The van der Waals surface area contributed by atoms with Crippen molar-refractivity contribution in [2.45, 2.75) is 32.2 Å². The third-order valence-corrected chi connectivity index (χ3v) is 3.16. The molecule has 1 atom stereocenters. The molecule has 0 aliphatic carbocycles. The number of carbonyl (C=O) groups is 2. The van der Waals surface area contributed by atoms with Gasteiger partial charge in [-0.25, -0.2) is 0 Å². The van der Waals surface area contributed by atoms with Crippen LogP contribution in [0.3, 0.4) is 0 Å².